The van der Waals surface area contributed by atoms with Gasteiger partial charge in [0, 0.05) is 18.9 Å². The first kappa shape index (κ1) is 10.5. The molecule has 82 valence electrons. The van der Waals surface area contributed by atoms with Gasteiger partial charge in [0.15, 0.2) is 5.16 Å². The van der Waals surface area contributed by atoms with Crippen molar-refractivity contribution in [3.63, 3.8) is 0 Å². The normalized spacial score (nSPS) is 15.5. The van der Waals surface area contributed by atoms with Crippen molar-refractivity contribution in [1.29, 1.82) is 0 Å². The molecule has 1 aromatic heterocycles. The molecular weight excluding hydrogens is 212 g/mol. The van der Waals surface area contributed by atoms with Crippen molar-refractivity contribution >= 4 is 17.7 Å². The fraction of sp³-hybridized carbons (Fsp3) is 0.600. The highest BCUT2D eigenvalue weighted by atomic mass is 32.2. The van der Waals surface area contributed by atoms with E-state index in [1.165, 1.54) is 31.0 Å². The lowest BCUT2D eigenvalue weighted by molar-refractivity contribution is -0.133. The van der Waals surface area contributed by atoms with E-state index < -0.39 is 5.97 Å². The van der Waals surface area contributed by atoms with Crippen LogP contribution in [0.1, 0.15) is 19.3 Å². The van der Waals surface area contributed by atoms with Crippen LogP contribution in [0.5, 0.6) is 0 Å². The Morgan fingerprint density at radius 1 is 1.67 bits per heavy atom. The standard InChI is InChI=1S/C10H14N2O2S/c13-9(14)7-15-10-11-4-6-12(10)5-3-8-1-2-8/h4,6,8H,1-3,5,7H2,(H,13,14). The van der Waals surface area contributed by atoms with E-state index in [-0.39, 0.29) is 5.75 Å². The number of aryl methyl sites for hydroxylation is 1. The Bertz CT molecular complexity index is 347. The summed E-state index contributed by atoms with van der Waals surface area (Å²) in [7, 11) is 0. The van der Waals surface area contributed by atoms with Gasteiger partial charge in [-0.05, 0) is 12.3 Å². The average Bonchev–Trinajstić information content (AvgIpc) is 2.92. The van der Waals surface area contributed by atoms with Crippen molar-refractivity contribution in [2.75, 3.05) is 5.75 Å². The number of carboxylic acids is 1. The molecule has 4 nitrogen and oxygen atoms in total. The first-order chi connectivity index (χ1) is 7.25. The molecule has 1 N–H and O–H groups in total. The van der Waals surface area contributed by atoms with Crippen LogP contribution in [-0.2, 0) is 11.3 Å². The van der Waals surface area contributed by atoms with Crippen LogP contribution in [0.15, 0.2) is 17.6 Å². The SMILES string of the molecule is O=C(O)CSc1nccn1CCC1CC1. The third-order valence-corrected chi connectivity index (χ3v) is 3.47. The quantitative estimate of drug-likeness (QED) is 0.752. The summed E-state index contributed by atoms with van der Waals surface area (Å²) in [5.41, 5.74) is 0. The van der Waals surface area contributed by atoms with Gasteiger partial charge >= 0.3 is 5.97 Å². The van der Waals surface area contributed by atoms with Gasteiger partial charge in [-0.15, -0.1) is 0 Å². The number of nitrogens with zero attached hydrogens (tertiary/aromatic N) is 2. The number of imidazole rings is 1. The summed E-state index contributed by atoms with van der Waals surface area (Å²) < 4.78 is 2.05. The molecule has 1 aromatic rings. The van der Waals surface area contributed by atoms with E-state index in [2.05, 4.69) is 4.98 Å². The molecule has 0 saturated heterocycles. The maximum atomic E-state index is 10.4. The van der Waals surface area contributed by atoms with Crippen molar-refractivity contribution < 1.29 is 9.90 Å². The van der Waals surface area contributed by atoms with Crippen molar-refractivity contribution in [1.82, 2.24) is 9.55 Å². The van der Waals surface area contributed by atoms with Crippen LogP contribution < -0.4 is 0 Å². The molecule has 0 spiro atoms. The minimum atomic E-state index is -0.795. The van der Waals surface area contributed by atoms with Crippen LogP contribution in [-0.4, -0.2) is 26.4 Å². The van der Waals surface area contributed by atoms with Gasteiger partial charge in [-0.3, -0.25) is 4.79 Å². The molecule has 1 heterocycles. The number of carbonyl (C=O) groups is 1. The van der Waals surface area contributed by atoms with Crippen molar-refractivity contribution in [3.8, 4) is 0 Å². The average molecular weight is 226 g/mol. The summed E-state index contributed by atoms with van der Waals surface area (Å²) in [6.07, 6.45) is 7.55. The van der Waals surface area contributed by atoms with Crippen LogP contribution in [0.2, 0.25) is 0 Å². The molecule has 5 heteroatoms. The molecule has 0 unspecified atom stereocenters. The van der Waals surface area contributed by atoms with Crippen molar-refractivity contribution in [2.45, 2.75) is 31.0 Å². The van der Waals surface area contributed by atoms with Gasteiger partial charge in [0.1, 0.15) is 0 Å². The van der Waals surface area contributed by atoms with Gasteiger partial charge in [-0.1, -0.05) is 24.6 Å². The summed E-state index contributed by atoms with van der Waals surface area (Å²) in [6.45, 7) is 0.965. The largest absolute Gasteiger partial charge is 0.481 e. The fourth-order valence-corrected chi connectivity index (χ4v) is 2.17. The lowest BCUT2D eigenvalue weighted by atomic mass is 10.3. The second-order valence-corrected chi connectivity index (χ2v) is 4.76. The minimum absolute atomic E-state index is 0.0838. The van der Waals surface area contributed by atoms with Gasteiger partial charge in [-0.25, -0.2) is 4.98 Å². The second kappa shape index (κ2) is 4.70. The molecule has 0 atom stereocenters. The molecular formula is C10H14N2O2S. The first-order valence-corrected chi connectivity index (χ1v) is 6.10. The molecule has 1 aliphatic rings. The van der Waals surface area contributed by atoms with Crippen LogP contribution in [0, 0.1) is 5.92 Å². The molecule has 0 radical (unpaired) electrons. The van der Waals surface area contributed by atoms with Crippen LogP contribution in [0.3, 0.4) is 0 Å². The Labute approximate surface area is 92.7 Å². The number of aromatic nitrogens is 2. The number of aliphatic carboxylic acids is 1. The first-order valence-electron chi connectivity index (χ1n) is 5.11. The zero-order valence-corrected chi connectivity index (χ0v) is 9.24. The number of thioether (sulfide) groups is 1. The number of hydrogen-bond acceptors (Lipinski definition) is 3. The van der Waals surface area contributed by atoms with Gasteiger partial charge in [-0.2, -0.15) is 0 Å². The minimum Gasteiger partial charge on any atom is -0.481 e. The molecule has 1 fully saturated rings. The maximum Gasteiger partial charge on any atom is 0.313 e. The third kappa shape index (κ3) is 3.27. The van der Waals surface area contributed by atoms with Gasteiger partial charge in [0.2, 0.25) is 0 Å². The predicted molar refractivity (Wildman–Crippen MR) is 57.9 cm³/mol. The topological polar surface area (TPSA) is 55.1 Å². The summed E-state index contributed by atoms with van der Waals surface area (Å²) in [4.78, 5) is 14.6. The molecule has 15 heavy (non-hydrogen) atoms. The van der Waals surface area contributed by atoms with E-state index in [1.807, 2.05) is 10.8 Å². The van der Waals surface area contributed by atoms with E-state index in [0.717, 1.165) is 17.6 Å². The Balaban J connectivity index is 1.85. The van der Waals surface area contributed by atoms with Crippen molar-refractivity contribution in [3.05, 3.63) is 12.4 Å². The highest BCUT2D eigenvalue weighted by molar-refractivity contribution is 7.99. The van der Waals surface area contributed by atoms with E-state index >= 15 is 0 Å². The monoisotopic (exact) mass is 226 g/mol. The van der Waals surface area contributed by atoms with E-state index in [1.54, 1.807) is 6.20 Å². The van der Waals surface area contributed by atoms with Crippen molar-refractivity contribution in [2.24, 2.45) is 5.92 Å². The van der Waals surface area contributed by atoms with Gasteiger partial charge < -0.3 is 9.67 Å². The number of rotatable bonds is 6. The molecule has 0 aliphatic heterocycles. The van der Waals surface area contributed by atoms with Gasteiger partial charge in [0.05, 0.1) is 5.75 Å². The molecule has 0 bridgehead atoms. The second-order valence-electron chi connectivity index (χ2n) is 3.82. The lowest BCUT2D eigenvalue weighted by Crippen LogP contribution is -2.03. The maximum absolute atomic E-state index is 10.4. The number of hydrogen-bond donors (Lipinski definition) is 1. The fourth-order valence-electron chi connectivity index (χ4n) is 1.46. The van der Waals surface area contributed by atoms with E-state index in [0.29, 0.717) is 0 Å². The molecule has 1 saturated carbocycles. The van der Waals surface area contributed by atoms with Crippen LogP contribution in [0.4, 0.5) is 0 Å². The van der Waals surface area contributed by atoms with Gasteiger partial charge in [0.25, 0.3) is 0 Å². The Hall–Kier alpha value is -0.970. The van der Waals surface area contributed by atoms with E-state index in [9.17, 15) is 4.79 Å². The number of carboxylic acid groups (broad SMARTS) is 1. The smallest absolute Gasteiger partial charge is 0.313 e. The predicted octanol–water partition coefficient (Wildman–Crippen LogP) is 1.86. The summed E-state index contributed by atoms with van der Waals surface area (Å²) in [5.74, 6) is 0.182. The summed E-state index contributed by atoms with van der Waals surface area (Å²) in [5, 5.41) is 9.39. The zero-order valence-electron chi connectivity index (χ0n) is 8.43. The Morgan fingerprint density at radius 2 is 2.47 bits per heavy atom. The van der Waals surface area contributed by atoms with E-state index in [4.69, 9.17) is 5.11 Å². The van der Waals surface area contributed by atoms with Crippen LogP contribution >= 0.6 is 11.8 Å². The summed E-state index contributed by atoms with van der Waals surface area (Å²) >= 11 is 1.29. The Kier molecular flexibility index (Phi) is 3.30. The highest BCUT2D eigenvalue weighted by Gasteiger charge is 2.21. The third-order valence-electron chi connectivity index (χ3n) is 2.48. The molecule has 0 amide bonds. The zero-order chi connectivity index (χ0) is 10.7. The molecule has 1 aliphatic carbocycles. The highest BCUT2D eigenvalue weighted by Crippen LogP contribution is 2.33. The molecule has 0 aromatic carbocycles. The lowest BCUT2D eigenvalue weighted by Gasteiger charge is -2.05. The van der Waals surface area contributed by atoms with Crippen LogP contribution in [0.25, 0.3) is 0 Å². The Morgan fingerprint density at radius 3 is 3.13 bits per heavy atom. The molecule has 2 rings (SSSR count). The summed E-state index contributed by atoms with van der Waals surface area (Å²) in [6, 6.07) is 0.